The van der Waals surface area contributed by atoms with Gasteiger partial charge in [0.15, 0.2) is 0 Å². The number of anilines is 3. The largest absolute Gasteiger partial charge is 0.357 e. The first kappa shape index (κ1) is 20.3. The fourth-order valence-electron chi connectivity index (χ4n) is 3.58. The third-order valence-corrected chi connectivity index (χ3v) is 5.20. The highest BCUT2D eigenvalue weighted by Gasteiger charge is 2.18. The van der Waals surface area contributed by atoms with Gasteiger partial charge in [-0.05, 0) is 54.8 Å². The zero-order valence-corrected chi connectivity index (χ0v) is 17.0. The number of pyridine rings is 1. The molecule has 0 atom stereocenters. The lowest BCUT2D eigenvalue weighted by Gasteiger charge is -2.17. The van der Waals surface area contributed by atoms with Crippen molar-refractivity contribution < 1.29 is 9.72 Å². The van der Waals surface area contributed by atoms with E-state index in [2.05, 4.69) is 20.5 Å². The van der Waals surface area contributed by atoms with E-state index in [4.69, 9.17) is 0 Å². The van der Waals surface area contributed by atoms with E-state index < -0.39 is 4.92 Å². The fraction of sp³-hybridized carbons (Fsp3) is 0.217. The number of nitrogens with zero attached hydrogens (tertiary/aromatic N) is 3. The van der Waals surface area contributed by atoms with Gasteiger partial charge in [-0.25, -0.2) is 4.98 Å². The van der Waals surface area contributed by atoms with Gasteiger partial charge in [0.2, 0.25) is 0 Å². The van der Waals surface area contributed by atoms with E-state index in [1.807, 2.05) is 42.5 Å². The number of benzene rings is 2. The first-order chi connectivity index (χ1) is 15.1. The van der Waals surface area contributed by atoms with Crippen LogP contribution >= 0.6 is 0 Å². The normalized spacial score (nSPS) is 13.1. The summed E-state index contributed by atoms with van der Waals surface area (Å²) in [6.45, 7) is 2.31. The van der Waals surface area contributed by atoms with E-state index in [0.29, 0.717) is 12.2 Å². The van der Waals surface area contributed by atoms with Crippen LogP contribution in [0.5, 0.6) is 0 Å². The molecule has 158 valence electrons. The van der Waals surface area contributed by atoms with E-state index in [0.717, 1.165) is 43.0 Å². The average Bonchev–Trinajstić information content (AvgIpc) is 3.33. The molecule has 0 bridgehead atoms. The Kier molecular flexibility index (Phi) is 6.07. The summed E-state index contributed by atoms with van der Waals surface area (Å²) in [5.74, 6) is 0.546. The second-order valence-electron chi connectivity index (χ2n) is 7.38. The van der Waals surface area contributed by atoms with Crippen LogP contribution in [-0.4, -0.2) is 28.9 Å². The van der Waals surface area contributed by atoms with Gasteiger partial charge in [0, 0.05) is 43.1 Å². The van der Waals surface area contributed by atoms with Gasteiger partial charge in [0.1, 0.15) is 11.5 Å². The predicted molar refractivity (Wildman–Crippen MR) is 120 cm³/mol. The maximum absolute atomic E-state index is 12.6. The quantitative estimate of drug-likeness (QED) is 0.440. The molecule has 3 aromatic rings. The van der Waals surface area contributed by atoms with Crippen molar-refractivity contribution in [2.45, 2.75) is 19.4 Å². The fourth-order valence-corrected chi connectivity index (χ4v) is 3.58. The van der Waals surface area contributed by atoms with Gasteiger partial charge in [-0.2, -0.15) is 0 Å². The molecule has 0 spiro atoms. The number of para-hydroxylation sites is 1. The molecule has 1 amide bonds. The lowest BCUT2D eigenvalue weighted by atomic mass is 10.1. The first-order valence-electron chi connectivity index (χ1n) is 10.2. The molecule has 4 rings (SSSR count). The number of hydrogen-bond donors (Lipinski definition) is 2. The van der Waals surface area contributed by atoms with Crippen LogP contribution in [0.1, 0.15) is 28.8 Å². The first-order valence-corrected chi connectivity index (χ1v) is 10.2. The number of nitro benzene ring substituents is 1. The molecule has 0 radical (unpaired) electrons. The van der Waals surface area contributed by atoms with Crippen LogP contribution in [0.2, 0.25) is 0 Å². The molecule has 0 unspecified atom stereocenters. The van der Waals surface area contributed by atoms with E-state index >= 15 is 0 Å². The molecule has 0 saturated carbocycles. The number of carbonyl (C=O) groups is 1. The number of rotatable bonds is 7. The Morgan fingerprint density at radius 1 is 1.06 bits per heavy atom. The molecule has 2 aromatic carbocycles. The Morgan fingerprint density at radius 3 is 2.58 bits per heavy atom. The lowest BCUT2D eigenvalue weighted by molar-refractivity contribution is -0.383. The van der Waals surface area contributed by atoms with Crippen LogP contribution in [0.25, 0.3) is 0 Å². The van der Waals surface area contributed by atoms with Crippen LogP contribution in [0, 0.1) is 10.1 Å². The number of nitrogens with one attached hydrogen (secondary N) is 2. The number of aromatic nitrogens is 1. The van der Waals surface area contributed by atoms with Crippen molar-refractivity contribution in [3.8, 4) is 0 Å². The summed E-state index contributed by atoms with van der Waals surface area (Å²) in [5.41, 5.74) is 2.07. The van der Waals surface area contributed by atoms with Gasteiger partial charge in [-0.1, -0.05) is 18.2 Å². The van der Waals surface area contributed by atoms with Gasteiger partial charge in [0.05, 0.1) is 4.92 Å². The van der Waals surface area contributed by atoms with Gasteiger partial charge in [-0.3, -0.25) is 14.9 Å². The topological polar surface area (TPSA) is 100 Å². The lowest BCUT2D eigenvalue weighted by Crippen LogP contribution is -2.23. The summed E-state index contributed by atoms with van der Waals surface area (Å²) < 4.78 is 0. The molecule has 1 fully saturated rings. The van der Waals surface area contributed by atoms with E-state index in [1.165, 1.54) is 6.07 Å². The molecule has 8 heteroatoms. The average molecular weight is 417 g/mol. The van der Waals surface area contributed by atoms with E-state index in [-0.39, 0.29) is 17.2 Å². The smallest absolute Gasteiger partial charge is 0.293 e. The van der Waals surface area contributed by atoms with Crippen molar-refractivity contribution in [3.63, 3.8) is 0 Å². The van der Waals surface area contributed by atoms with Crippen LogP contribution < -0.4 is 15.5 Å². The highest BCUT2D eigenvalue weighted by molar-refractivity contribution is 5.95. The molecule has 2 heterocycles. The van der Waals surface area contributed by atoms with Crippen molar-refractivity contribution in [2.75, 3.05) is 23.3 Å². The minimum Gasteiger partial charge on any atom is -0.357 e. The Bertz CT molecular complexity index is 1080. The van der Waals surface area contributed by atoms with E-state index in [1.54, 1.807) is 18.3 Å². The summed E-state index contributed by atoms with van der Waals surface area (Å²) >= 11 is 0. The monoisotopic (exact) mass is 417 g/mol. The highest BCUT2D eigenvalue weighted by atomic mass is 16.6. The maximum Gasteiger partial charge on any atom is 0.293 e. The molecule has 1 aliphatic rings. The molecule has 31 heavy (non-hydrogen) atoms. The van der Waals surface area contributed by atoms with Crippen molar-refractivity contribution in [2.24, 2.45) is 0 Å². The van der Waals surface area contributed by atoms with Crippen molar-refractivity contribution in [1.29, 1.82) is 0 Å². The summed E-state index contributed by atoms with van der Waals surface area (Å²) in [6.07, 6.45) is 4.07. The Balaban J connectivity index is 1.45. The summed E-state index contributed by atoms with van der Waals surface area (Å²) in [4.78, 5) is 30.3. The van der Waals surface area contributed by atoms with Crippen molar-refractivity contribution in [3.05, 3.63) is 88.1 Å². The summed E-state index contributed by atoms with van der Waals surface area (Å²) in [7, 11) is 0. The Hall–Kier alpha value is -3.94. The third kappa shape index (κ3) is 4.98. The molecular weight excluding hydrogens is 394 g/mol. The number of carbonyl (C=O) groups excluding carboxylic acids is 1. The molecule has 8 nitrogen and oxygen atoms in total. The number of hydrogen-bond acceptors (Lipinski definition) is 6. The minimum atomic E-state index is -0.493. The van der Waals surface area contributed by atoms with Gasteiger partial charge >= 0.3 is 0 Å². The predicted octanol–water partition coefficient (Wildman–Crippen LogP) is 4.26. The zero-order chi connectivity index (χ0) is 21.6. The Morgan fingerprint density at radius 2 is 1.84 bits per heavy atom. The highest BCUT2D eigenvalue weighted by Crippen LogP contribution is 2.28. The molecule has 1 aliphatic heterocycles. The number of amides is 1. The maximum atomic E-state index is 12.6. The molecule has 2 N–H and O–H groups in total. The van der Waals surface area contributed by atoms with Crippen molar-refractivity contribution in [1.82, 2.24) is 10.3 Å². The molecular formula is C23H23N5O3. The summed E-state index contributed by atoms with van der Waals surface area (Å²) in [5, 5.41) is 17.4. The third-order valence-electron chi connectivity index (χ3n) is 5.20. The standard InChI is InChI=1S/C23H23N5O3/c29-23(25-16-17-10-11-24-22(14-17)27-12-4-5-13-27)18-8-9-20(21(15-18)28(30)31)26-19-6-2-1-3-7-19/h1-3,6-11,14-15,26H,4-5,12-13,16H2,(H,25,29). The molecule has 0 aliphatic carbocycles. The van der Waals surface area contributed by atoms with Gasteiger partial charge < -0.3 is 15.5 Å². The zero-order valence-electron chi connectivity index (χ0n) is 17.0. The SMILES string of the molecule is O=C(NCc1ccnc(N2CCCC2)c1)c1ccc(Nc2ccccc2)c([N+](=O)[O-])c1. The van der Waals surface area contributed by atoms with Crippen molar-refractivity contribution >= 4 is 28.8 Å². The van der Waals surface area contributed by atoms with Crippen LogP contribution in [0.4, 0.5) is 22.9 Å². The summed E-state index contributed by atoms with van der Waals surface area (Å²) in [6, 6.07) is 17.4. The second kappa shape index (κ2) is 9.25. The second-order valence-corrected chi connectivity index (χ2v) is 7.38. The van der Waals surface area contributed by atoms with Crippen LogP contribution in [0.15, 0.2) is 66.9 Å². The van der Waals surface area contributed by atoms with E-state index in [9.17, 15) is 14.9 Å². The minimum absolute atomic E-state index is 0.156. The van der Waals surface area contributed by atoms with Crippen LogP contribution in [-0.2, 0) is 6.54 Å². The molecule has 1 saturated heterocycles. The Labute approximate surface area is 180 Å². The van der Waals surface area contributed by atoms with Gasteiger partial charge in [0.25, 0.3) is 11.6 Å². The van der Waals surface area contributed by atoms with Gasteiger partial charge in [-0.15, -0.1) is 0 Å². The number of nitro groups is 1. The molecule has 1 aromatic heterocycles. The van der Waals surface area contributed by atoms with Crippen LogP contribution in [0.3, 0.4) is 0 Å².